The second-order valence-electron chi connectivity index (χ2n) is 8.56. The number of para-hydroxylation sites is 1. The maximum absolute atomic E-state index is 14.0. The van der Waals surface area contributed by atoms with Crippen LogP contribution >= 0.6 is 23.2 Å². The molecule has 1 N–H and O–H groups in total. The highest BCUT2D eigenvalue weighted by Gasteiger charge is 2.24. The van der Waals surface area contributed by atoms with E-state index < -0.39 is 17.7 Å². The standard InChI is InChI=1S/C24H20Cl2F2N6O/c1-33(2)15-9-12-6-7-14(8-13(12)10-15)30-24-29-11-16-19(31-24)20(22(27)28)32-34(23(16)35)21-17(25)4-3-5-18(21)26/h3-8,11,15,22H,9-10H2,1-2H3,(H,29,30,31). The number of fused-ring (bicyclic) bond motifs is 2. The molecule has 2 aromatic carbocycles. The fourth-order valence-electron chi connectivity index (χ4n) is 4.27. The number of halogens is 4. The van der Waals surface area contributed by atoms with Crippen molar-refractivity contribution in [3.63, 3.8) is 0 Å². The molecule has 5 rings (SSSR count). The molecule has 0 saturated heterocycles. The predicted molar refractivity (Wildman–Crippen MR) is 133 cm³/mol. The number of nitrogens with one attached hydrogen (secondary N) is 1. The first-order valence-corrected chi connectivity index (χ1v) is 11.6. The fraction of sp³-hybridized carbons (Fsp3) is 0.250. The monoisotopic (exact) mass is 516 g/mol. The summed E-state index contributed by atoms with van der Waals surface area (Å²) in [4.78, 5) is 23.7. The van der Waals surface area contributed by atoms with Gasteiger partial charge in [0.25, 0.3) is 12.0 Å². The summed E-state index contributed by atoms with van der Waals surface area (Å²) < 4.78 is 28.8. The van der Waals surface area contributed by atoms with Crippen LogP contribution in [0.25, 0.3) is 16.6 Å². The van der Waals surface area contributed by atoms with Gasteiger partial charge in [0.05, 0.1) is 15.4 Å². The van der Waals surface area contributed by atoms with E-state index in [1.165, 1.54) is 29.5 Å². The lowest BCUT2D eigenvalue weighted by Gasteiger charge is -2.17. The van der Waals surface area contributed by atoms with Crippen LogP contribution in [0.5, 0.6) is 0 Å². The molecular weight excluding hydrogens is 497 g/mol. The van der Waals surface area contributed by atoms with E-state index in [9.17, 15) is 13.6 Å². The summed E-state index contributed by atoms with van der Waals surface area (Å²) in [6.07, 6.45) is 0.0913. The van der Waals surface area contributed by atoms with Crippen molar-refractivity contribution in [2.45, 2.75) is 25.3 Å². The average molecular weight is 517 g/mol. The van der Waals surface area contributed by atoms with Crippen molar-refractivity contribution in [3.05, 3.63) is 79.8 Å². The van der Waals surface area contributed by atoms with E-state index in [1.807, 2.05) is 18.2 Å². The zero-order chi connectivity index (χ0) is 24.9. The van der Waals surface area contributed by atoms with Gasteiger partial charge in [-0.2, -0.15) is 9.78 Å². The van der Waals surface area contributed by atoms with Crippen molar-refractivity contribution < 1.29 is 8.78 Å². The van der Waals surface area contributed by atoms with E-state index in [0.29, 0.717) is 6.04 Å². The summed E-state index contributed by atoms with van der Waals surface area (Å²) in [5, 5.41) is 7.00. The molecule has 11 heteroatoms. The van der Waals surface area contributed by atoms with Crippen LogP contribution in [0.3, 0.4) is 0 Å². The molecule has 1 aliphatic carbocycles. The zero-order valence-electron chi connectivity index (χ0n) is 18.8. The summed E-state index contributed by atoms with van der Waals surface area (Å²) in [7, 11) is 4.11. The van der Waals surface area contributed by atoms with Crippen LogP contribution in [-0.2, 0) is 12.8 Å². The van der Waals surface area contributed by atoms with Gasteiger partial charge in [0.15, 0.2) is 5.69 Å². The maximum atomic E-state index is 14.0. The summed E-state index contributed by atoms with van der Waals surface area (Å²) >= 11 is 12.4. The maximum Gasteiger partial charge on any atom is 0.284 e. The number of hydrogen-bond acceptors (Lipinski definition) is 6. The Labute approximate surface area is 209 Å². The van der Waals surface area contributed by atoms with Crippen molar-refractivity contribution >= 4 is 45.7 Å². The highest BCUT2D eigenvalue weighted by Crippen LogP contribution is 2.31. The number of nitrogens with zero attached hydrogens (tertiary/aromatic N) is 5. The Bertz CT molecular complexity index is 1490. The van der Waals surface area contributed by atoms with E-state index in [2.05, 4.69) is 39.4 Å². The van der Waals surface area contributed by atoms with Crippen molar-refractivity contribution in [2.75, 3.05) is 19.4 Å². The van der Waals surface area contributed by atoms with Gasteiger partial charge < -0.3 is 10.2 Å². The van der Waals surface area contributed by atoms with E-state index in [1.54, 1.807) is 6.07 Å². The van der Waals surface area contributed by atoms with Crippen molar-refractivity contribution in [2.24, 2.45) is 0 Å². The lowest BCUT2D eigenvalue weighted by molar-refractivity contribution is 0.145. The molecule has 0 aliphatic heterocycles. The average Bonchev–Trinajstić information content (AvgIpc) is 3.24. The molecule has 0 spiro atoms. The Hall–Kier alpha value is -3.14. The van der Waals surface area contributed by atoms with Crippen LogP contribution in [0, 0.1) is 0 Å². The van der Waals surface area contributed by atoms with Gasteiger partial charge in [-0.25, -0.2) is 18.7 Å². The first-order valence-electron chi connectivity index (χ1n) is 10.8. The van der Waals surface area contributed by atoms with Gasteiger partial charge in [-0.1, -0.05) is 35.3 Å². The molecule has 0 amide bonds. The van der Waals surface area contributed by atoms with Crippen LogP contribution in [0.15, 0.2) is 47.4 Å². The molecule has 7 nitrogen and oxygen atoms in total. The number of benzene rings is 2. The molecule has 180 valence electrons. The van der Waals surface area contributed by atoms with Gasteiger partial charge in [-0.3, -0.25) is 4.79 Å². The number of hydrogen-bond donors (Lipinski definition) is 1. The van der Waals surface area contributed by atoms with Gasteiger partial charge in [-0.15, -0.1) is 0 Å². The Balaban J connectivity index is 1.56. The van der Waals surface area contributed by atoms with Gasteiger partial charge in [-0.05, 0) is 62.3 Å². The predicted octanol–water partition coefficient (Wildman–Crippen LogP) is 5.19. The van der Waals surface area contributed by atoms with E-state index in [4.69, 9.17) is 23.2 Å². The Morgan fingerprint density at radius 1 is 1.11 bits per heavy atom. The molecule has 0 bridgehead atoms. The van der Waals surface area contributed by atoms with Crippen LogP contribution in [0.2, 0.25) is 10.0 Å². The third-order valence-electron chi connectivity index (χ3n) is 6.12. The molecule has 0 saturated carbocycles. The van der Waals surface area contributed by atoms with Crippen molar-refractivity contribution in [1.82, 2.24) is 24.6 Å². The van der Waals surface area contributed by atoms with Crippen LogP contribution in [0.1, 0.15) is 23.2 Å². The van der Waals surface area contributed by atoms with Gasteiger partial charge in [0, 0.05) is 17.9 Å². The first kappa shape index (κ1) is 23.6. The topological polar surface area (TPSA) is 75.9 Å². The number of anilines is 2. The highest BCUT2D eigenvalue weighted by molar-refractivity contribution is 6.37. The van der Waals surface area contributed by atoms with Crippen LogP contribution in [-0.4, -0.2) is 44.8 Å². The molecule has 2 heterocycles. The zero-order valence-corrected chi connectivity index (χ0v) is 20.3. The normalized spacial score (nSPS) is 15.3. The number of alkyl halides is 2. The Morgan fingerprint density at radius 3 is 2.51 bits per heavy atom. The molecular formula is C24H20Cl2F2N6O. The van der Waals surface area contributed by atoms with Crippen LogP contribution < -0.4 is 10.9 Å². The summed E-state index contributed by atoms with van der Waals surface area (Å²) in [6.45, 7) is 0. The lowest BCUT2D eigenvalue weighted by atomic mass is 10.1. The van der Waals surface area contributed by atoms with Gasteiger partial charge in [0.1, 0.15) is 11.2 Å². The number of aromatic nitrogens is 4. The second-order valence-corrected chi connectivity index (χ2v) is 9.38. The quantitative estimate of drug-likeness (QED) is 0.393. The molecule has 2 aromatic heterocycles. The van der Waals surface area contributed by atoms with Crippen molar-refractivity contribution in [1.29, 1.82) is 0 Å². The van der Waals surface area contributed by atoms with Gasteiger partial charge >= 0.3 is 0 Å². The van der Waals surface area contributed by atoms with Gasteiger partial charge in [0.2, 0.25) is 5.95 Å². The third-order valence-corrected chi connectivity index (χ3v) is 6.73. The molecule has 1 atom stereocenters. The van der Waals surface area contributed by atoms with E-state index >= 15 is 0 Å². The smallest absolute Gasteiger partial charge is 0.284 e. The molecule has 0 fully saturated rings. The minimum atomic E-state index is -3.00. The summed E-state index contributed by atoms with van der Waals surface area (Å²) in [6, 6.07) is 10.9. The number of rotatable bonds is 5. The number of likely N-dealkylation sites (N-methyl/N-ethyl adjacent to an activating group) is 1. The Kier molecular flexibility index (Phi) is 6.16. The summed E-state index contributed by atoms with van der Waals surface area (Å²) in [5.41, 5.74) is 1.60. The third kappa shape index (κ3) is 4.35. The molecule has 1 aliphatic rings. The molecule has 1 unspecified atom stereocenters. The SMILES string of the molecule is CN(C)C1Cc2ccc(Nc3ncc4c(=O)n(-c5c(Cl)cccc5Cl)nc(C(F)F)c4n3)cc2C1. The molecule has 4 aromatic rings. The highest BCUT2D eigenvalue weighted by atomic mass is 35.5. The van der Waals surface area contributed by atoms with E-state index in [0.717, 1.165) is 23.2 Å². The largest absolute Gasteiger partial charge is 0.324 e. The van der Waals surface area contributed by atoms with E-state index in [-0.39, 0.29) is 32.6 Å². The Morgan fingerprint density at radius 2 is 1.83 bits per heavy atom. The molecule has 0 radical (unpaired) electrons. The van der Waals surface area contributed by atoms with Crippen LogP contribution in [0.4, 0.5) is 20.4 Å². The molecule has 35 heavy (non-hydrogen) atoms. The fourth-order valence-corrected chi connectivity index (χ4v) is 4.82. The minimum absolute atomic E-state index is 0.0148. The lowest BCUT2D eigenvalue weighted by Crippen LogP contribution is -2.27. The minimum Gasteiger partial charge on any atom is -0.324 e. The summed E-state index contributed by atoms with van der Waals surface area (Å²) in [5.74, 6) is 0.0798. The first-order chi connectivity index (χ1) is 16.7. The second kappa shape index (κ2) is 9.14. The van der Waals surface area contributed by atoms with Crippen molar-refractivity contribution in [3.8, 4) is 5.69 Å².